The highest BCUT2D eigenvalue weighted by Gasteiger charge is 2.28. The second-order valence-electron chi connectivity index (χ2n) is 3.21. The summed E-state index contributed by atoms with van der Waals surface area (Å²) >= 11 is 0. The van der Waals surface area contributed by atoms with Gasteiger partial charge < -0.3 is 0 Å². The van der Waals surface area contributed by atoms with Gasteiger partial charge in [0.25, 0.3) is 0 Å². The van der Waals surface area contributed by atoms with Crippen molar-refractivity contribution in [2.45, 2.75) is 32.5 Å². The van der Waals surface area contributed by atoms with Crippen molar-refractivity contribution in [3.8, 4) is 0 Å². The van der Waals surface area contributed by atoms with E-state index in [9.17, 15) is 13.2 Å². The molecule has 0 unspecified atom stereocenters. The molecule has 0 aromatic carbocycles. The quantitative estimate of drug-likeness (QED) is 0.704. The molecule has 0 aliphatic carbocycles. The molecule has 0 amide bonds. The summed E-state index contributed by atoms with van der Waals surface area (Å²) in [6.45, 7) is 2.76. The average Bonchev–Trinajstić information content (AvgIpc) is 2.31. The summed E-state index contributed by atoms with van der Waals surface area (Å²) < 4.78 is 36.6. The van der Waals surface area contributed by atoms with Gasteiger partial charge in [0.15, 0.2) is 0 Å². The van der Waals surface area contributed by atoms with Gasteiger partial charge in [0.1, 0.15) is 6.54 Å². The third-order valence-electron chi connectivity index (χ3n) is 1.59. The fourth-order valence-electron chi connectivity index (χ4n) is 0.957. The lowest BCUT2D eigenvalue weighted by Gasteiger charge is -2.05. The van der Waals surface area contributed by atoms with Crippen molar-refractivity contribution in [2.75, 3.05) is 0 Å². The number of alkyl halides is 3. The number of hydrogen-bond acceptors (Lipinski definition) is 1. The third kappa shape index (κ3) is 3.08. The van der Waals surface area contributed by atoms with E-state index in [0.29, 0.717) is 5.69 Å². The highest BCUT2D eigenvalue weighted by Crippen LogP contribution is 2.18. The number of hydrogen-bond donors (Lipinski definition) is 0. The zero-order chi connectivity index (χ0) is 10.1. The van der Waals surface area contributed by atoms with Crippen molar-refractivity contribution in [2.24, 2.45) is 0 Å². The SMILES string of the molecule is CC(C)c1ccn(CC(F)(F)F)n1. The van der Waals surface area contributed by atoms with Crippen LogP contribution < -0.4 is 0 Å². The van der Waals surface area contributed by atoms with Crippen LogP contribution in [0.25, 0.3) is 0 Å². The largest absolute Gasteiger partial charge is 0.408 e. The lowest BCUT2D eigenvalue weighted by Crippen LogP contribution is -2.18. The van der Waals surface area contributed by atoms with Crippen LogP contribution in [-0.2, 0) is 6.54 Å². The number of halogens is 3. The second kappa shape index (κ2) is 3.40. The Labute approximate surface area is 74.4 Å². The molecule has 0 bridgehead atoms. The minimum absolute atomic E-state index is 0.162. The first-order valence-corrected chi connectivity index (χ1v) is 3.98. The fourth-order valence-corrected chi connectivity index (χ4v) is 0.957. The van der Waals surface area contributed by atoms with Gasteiger partial charge in [-0.25, -0.2) is 0 Å². The maximum absolute atomic E-state index is 11.9. The smallest absolute Gasteiger partial charge is 0.263 e. The van der Waals surface area contributed by atoms with E-state index in [1.54, 1.807) is 6.07 Å². The fraction of sp³-hybridized carbons (Fsp3) is 0.625. The van der Waals surface area contributed by atoms with Gasteiger partial charge in [-0.3, -0.25) is 4.68 Å². The van der Waals surface area contributed by atoms with Gasteiger partial charge in [0.05, 0.1) is 5.69 Å². The summed E-state index contributed by atoms with van der Waals surface area (Å²) in [6, 6.07) is 1.61. The molecule has 0 aliphatic heterocycles. The van der Waals surface area contributed by atoms with E-state index < -0.39 is 12.7 Å². The van der Waals surface area contributed by atoms with Crippen LogP contribution in [0.2, 0.25) is 0 Å². The zero-order valence-corrected chi connectivity index (χ0v) is 7.47. The van der Waals surface area contributed by atoms with Crippen LogP contribution in [-0.4, -0.2) is 16.0 Å². The summed E-state index contributed by atoms with van der Waals surface area (Å²) in [5.41, 5.74) is 0.684. The lowest BCUT2D eigenvalue weighted by atomic mass is 10.1. The van der Waals surface area contributed by atoms with Crippen molar-refractivity contribution >= 4 is 0 Å². The molecular weight excluding hydrogens is 181 g/mol. The first kappa shape index (κ1) is 10.1. The molecule has 0 saturated heterocycles. The van der Waals surface area contributed by atoms with Gasteiger partial charge in [-0.1, -0.05) is 13.8 Å². The zero-order valence-electron chi connectivity index (χ0n) is 7.47. The van der Waals surface area contributed by atoms with Crippen LogP contribution >= 0.6 is 0 Å². The molecule has 2 nitrogen and oxygen atoms in total. The maximum Gasteiger partial charge on any atom is 0.408 e. The molecular formula is C8H11F3N2. The standard InChI is InChI=1S/C8H11F3N2/c1-6(2)7-3-4-13(12-7)5-8(9,10)11/h3-4,6H,5H2,1-2H3. The Morgan fingerprint density at radius 1 is 1.46 bits per heavy atom. The highest BCUT2D eigenvalue weighted by atomic mass is 19.4. The molecule has 1 heterocycles. The van der Waals surface area contributed by atoms with Crippen molar-refractivity contribution in [3.05, 3.63) is 18.0 Å². The van der Waals surface area contributed by atoms with Gasteiger partial charge in [-0.05, 0) is 12.0 Å². The van der Waals surface area contributed by atoms with Gasteiger partial charge in [-0.15, -0.1) is 0 Å². The number of rotatable bonds is 2. The third-order valence-corrected chi connectivity index (χ3v) is 1.59. The van der Waals surface area contributed by atoms with Crippen molar-refractivity contribution in [3.63, 3.8) is 0 Å². The van der Waals surface area contributed by atoms with E-state index in [4.69, 9.17) is 0 Å². The van der Waals surface area contributed by atoms with Crippen molar-refractivity contribution in [1.82, 2.24) is 9.78 Å². The van der Waals surface area contributed by atoms with Gasteiger partial charge >= 0.3 is 6.18 Å². The van der Waals surface area contributed by atoms with Crippen LogP contribution in [0.4, 0.5) is 13.2 Å². The number of aromatic nitrogens is 2. The first-order valence-electron chi connectivity index (χ1n) is 3.98. The van der Waals surface area contributed by atoms with E-state index in [1.165, 1.54) is 6.20 Å². The van der Waals surface area contributed by atoms with E-state index in [-0.39, 0.29) is 5.92 Å². The van der Waals surface area contributed by atoms with Crippen LogP contribution in [0.3, 0.4) is 0 Å². The van der Waals surface area contributed by atoms with E-state index in [0.717, 1.165) is 4.68 Å². The molecule has 0 spiro atoms. The van der Waals surface area contributed by atoms with Crippen LogP contribution in [0.15, 0.2) is 12.3 Å². The highest BCUT2D eigenvalue weighted by molar-refractivity contribution is 5.03. The Bertz CT molecular complexity index is 275. The molecule has 5 heteroatoms. The monoisotopic (exact) mass is 192 g/mol. The predicted molar refractivity (Wildman–Crippen MR) is 42.4 cm³/mol. The molecule has 0 aliphatic rings. The molecule has 0 N–H and O–H groups in total. The Morgan fingerprint density at radius 3 is 2.46 bits per heavy atom. The molecule has 13 heavy (non-hydrogen) atoms. The first-order chi connectivity index (χ1) is 5.88. The molecule has 74 valence electrons. The number of nitrogens with zero attached hydrogens (tertiary/aromatic N) is 2. The average molecular weight is 192 g/mol. The predicted octanol–water partition coefficient (Wildman–Crippen LogP) is 2.57. The molecule has 0 radical (unpaired) electrons. The molecule has 1 aromatic heterocycles. The normalized spacial score (nSPS) is 12.5. The Kier molecular flexibility index (Phi) is 2.63. The van der Waals surface area contributed by atoms with E-state index in [1.807, 2.05) is 13.8 Å². The minimum atomic E-state index is -4.19. The molecule has 0 saturated carbocycles. The van der Waals surface area contributed by atoms with Gasteiger partial charge in [-0.2, -0.15) is 18.3 Å². The molecule has 0 atom stereocenters. The van der Waals surface area contributed by atoms with E-state index in [2.05, 4.69) is 5.10 Å². The maximum atomic E-state index is 11.9. The Hall–Kier alpha value is -1.00. The van der Waals surface area contributed by atoms with Gasteiger partial charge in [0.2, 0.25) is 0 Å². The molecule has 1 aromatic rings. The van der Waals surface area contributed by atoms with Crippen molar-refractivity contribution < 1.29 is 13.2 Å². The summed E-state index contributed by atoms with van der Waals surface area (Å²) in [4.78, 5) is 0. The van der Waals surface area contributed by atoms with Crippen LogP contribution in [0.5, 0.6) is 0 Å². The Balaban J connectivity index is 2.70. The van der Waals surface area contributed by atoms with E-state index >= 15 is 0 Å². The topological polar surface area (TPSA) is 17.8 Å². The summed E-state index contributed by atoms with van der Waals surface area (Å²) in [5.74, 6) is 0.162. The van der Waals surface area contributed by atoms with Gasteiger partial charge in [0, 0.05) is 6.20 Å². The summed E-state index contributed by atoms with van der Waals surface area (Å²) in [6.07, 6.45) is -2.84. The minimum Gasteiger partial charge on any atom is -0.263 e. The molecule has 1 rings (SSSR count). The van der Waals surface area contributed by atoms with Crippen LogP contribution in [0, 0.1) is 0 Å². The summed E-state index contributed by atoms with van der Waals surface area (Å²) in [7, 11) is 0. The second-order valence-corrected chi connectivity index (χ2v) is 3.21. The summed E-state index contributed by atoms with van der Waals surface area (Å²) in [5, 5.41) is 3.79. The lowest BCUT2D eigenvalue weighted by molar-refractivity contribution is -0.142. The van der Waals surface area contributed by atoms with Crippen LogP contribution in [0.1, 0.15) is 25.5 Å². The molecule has 0 fully saturated rings. The Morgan fingerprint density at radius 2 is 2.08 bits per heavy atom. The van der Waals surface area contributed by atoms with Crippen molar-refractivity contribution in [1.29, 1.82) is 0 Å².